The van der Waals surface area contributed by atoms with Crippen molar-refractivity contribution in [2.24, 2.45) is 0 Å². The zero-order valence-corrected chi connectivity index (χ0v) is 22.3. The van der Waals surface area contributed by atoms with E-state index in [-0.39, 0.29) is 6.61 Å². The predicted octanol–water partition coefficient (Wildman–Crippen LogP) is 6.20. The van der Waals surface area contributed by atoms with Gasteiger partial charge in [0.05, 0.1) is 25.9 Å². The maximum atomic E-state index is 13.2. The van der Waals surface area contributed by atoms with Gasteiger partial charge in [-0.2, -0.15) is 0 Å². The number of benzene rings is 4. The number of carbonyl (C=O) groups excluding carboxylic acids is 2. The lowest BCUT2D eigenvalue weighted by molar-refractivity contribution is -0.119. The molecule has 0 heterocycles. The number of methoxy groups -OCH3 is 1. The van der Waals surface area contributed by atoms with Gasteiger partial charge in [0.25, 0.3) is 5.91 Å². The molecule has 0 aliphatic carbocycles. The first-order valence-corrected chi connectivity index (χ1v) is 12.7. The summed E-state index contributed by atoms with van der Waals surface area (Å²) in [4.78, 5) is 26.3. The molecule has 1 unspecified atom stereocenters. The monoisotopic (exact) mass is 574 g/mol. The third-order valence-electron chi connectivity index (χ3n) is 5.54. The third-order valence-corrected chi connectivity index (χ3v) is 6.23. The molecule has 0 aromatic heterocycles. The molecule has 0 aliphatic rings. The van der Waals surface area contributed by atoms with Gasteiger partial charge in [0.15, 0.2) is 0 Å². The molecule has 0 fully saturated rings. The Balaban J connectivity index is 1.44. The van der Waals surface area contributed by atoms with Gasteiger partial charge in [0.2, 0.25) is 5.91 Å². The average Bonchev–Trinajstić information content (AvgIpc) is 2.95. The fourth-order valence-electron chi connectivity index (χ4n) is 3.55. The molecule has 1 atom stereocenters. The van der Waals surface area contributed by atoms with Crippen molar-refractivity contribution in [1.29, 1.82) is 0 Å². The molecule has 4 aromatic rings. The Kier molecular flexibility index (Phi) is 9.50. The molecule has 0 bridgehead atoms. The molecule has 0 saturated carbocycles. The highest BCUT2D eigenvalue weighted by Crippen LogP contribution is 2.24. The lowest BCUT2D eigenvalue weighted by Crippen LogP contribution is -2.46. The second-order valence-electron chi connectivity index (χ2n) is 8.30. The number of hydrogen-bond acceptors (Lipinski definition) is 5. The summed E-state index contributed by atoms with van der Waals surface area (Å²) in [7, 11) is 1.52. The Bertz CT molecular complexity index is 1350. The summed E-state index contributed by atoms with van der Waals surface area (Å²) in [6.07, 6.45) is 0. The number of anilines is 1. The first-order valence-electron chi connectivity index (χ1n) is 11.9. The van der Waals surface area contributed by atoms with E-state index in [0.29, 0.717) is 39.6 Å². The van der Waals surface area contributed by atoms with Gasteiger partial charge in [-0.05, 0) is 76.1 Å². The van der Waals surface area contributed by atoms with Crippen LogP contribution in [0.3, 0.4) is 0 Å². The third kappa shape index (κ3) is 7.68. The highest BCUT2D eigenvalue weighted by atomic mass is 79.9. The van der Waals surface area contributed by atoms with Crippen LogP contribution in [0.4, 0.5) is 5.69 Å². The van der Waals surface area contributed by atoms with Gasteiger partial charge in [-0.3, -0.25) is 9.59 Å². The summed E-state index contributed by atoms with van der Waals surface area (Å²) in [6, 6.07) is 30.1. The van der Waals surface area contributed by atoms with Crippen molar-refractivity contribution < 1.29 is 23.8 Å². The SMILES string of the molecule is COc1ccc(Br)c(C(=O)NC(COCc2ccccc2)C(=O)Nc2ccc(Oc3ccccc3)cc2)c1. The maximum absolute atomic E-state index is 13.2. The standard InChI is InChI=1S/C30H27BrN2O5/c1-36-25-16-17-27(31)26(18-25)29(34)33-28(20-37-19-21-8-4-2-5-9-21)30(35)32-22-12-14-24(15-13-22)38-23-10-6-3-7-11-23/h2-18,28H,19-20H2,1H3,(H,32,35)(H,33,34). The van der Waals surface area contributed by atoms with Crippen molar-refractivity contribution in [1.82, 2.24) is 5.32 Å². The molecule has 8 heteroatoms. The van der Waals surface area contributed by atoms with Crippen LogP contribution in [0.25, 0.3) is 0 Å². The van der Waals surface area contributed by atoms with E-state index < -0.39 is 17.9 Å². The van der Waals surface area contributed by atoms with Crippen molar-refractivity contribution >= 4 is 33.4 Å². The van der Waals surface area contributed by atoms with E-state index in [1.54, 1.807) is 42.5 Å². The summed E-state index contributed by atoms with van der Waals surface area (Å²) in [5, 5.41) is 5.64. The van der Waals surface area contributed by atoms with Crippen LogP contribution >= 0.6 is 15.9 Å². The van der Waals surface area contributed by atoms with Gasteiger partial charge >= 0.3 is 0 Å². The van der Waals surface area contributed by atoms with E-state index in [1.807, 2.05) is 60.7 Å². The van der Waals surface area contributed by atoms with E-state index in [2.05, 4.69) is 26.6 Å². The van der Waals surface area contributed by atoms with Gasteiger partial charge in [-0.15, -0.1) is 0 Å². The summed E-state index contributed by atoms with van der Waals surface area (Å²) >= 11 is 3.39. The highest BCUT2D eigenvalue weighted by Gasteiger charge is 2.23. The number of para-hydroxylation sites is 1. The van der Waals surface area contributed by atoms with Crippen LogP contribution in [0, 0.1) is 0 Å². The molecule has 4 aromatic carbocycles. The lowest BCUT2D eigenvalue weighted by Gasteiger charge is -2.19. The molecule has 2 amide bonds. The largest absolute Gasteiger partial charge is 0.497 e. The molecule has 2 N–H and O–H groups in total. The van der Waals surface area contributed by atoms with Crippen LogP contribution < -0.4 is 20.1 Å². The number of halogens is 1. The first-order chi connectivity index (χ1) is 18.5. The van der Waals surface area contributed by atoms with Gasteiger partial charge < -0.3 is 24.8 Å². The van der Waals surface area contributed by atoms with Crippen LogP contribution in [0.15, 0.2) is 108 Å². The van der Waals surface area contributed by atoms with E-state index in [4.69, 9.17) is 14.2 Å². The van der Waals surface area contributed by atoms with Crippen LogP contribution in [-0.4, -0.2) is 31.6 Å². The minimum atomic E-state index is -0.954. The first kappa shape index (κ1) is 26.9. The zero-order chi connectivity index (χ0) is 26.7. The fraction of sp³-hybridized carbons (Fsp3) is 0.133. The highest BCUT2D eigenvalue weighted by molar-refractivity contribution is 9.10. The predicted molar refractivity (Wildman–Crippen MR) is 150 cm³/mol. The summed E-state index contributed by atoms with van der Waals surface area (Å²) in [5.74, 6) is 1.02. The summed E-state index contributed by atoms with van der Waals surface area (Å²) in [6.45, 7) is 0.276. The number of carbonyl (C=O) groups is 2. The number of ether oxygens (including phenoxy) is 3. The molecular formula is C30H27BrN2O5. The topological polar surface area (TPSA) is 85.9 Å². The Labute approximate surface area is 229 Å². The minimum Gasteiger partial charge on any atom is -0.497 e. The van der Waals surface area contributed by atoms with E-state index >= 15 is 0 Å². The van der Waals surface area contributed by atoms with Crippen LogP contribution in [-0.2, 0) is 16.1 Å². The Hall–Kier alpha value is -4.14. The summed E-state index contributed by atoms with van der Waals surface area (Å²) < 4.78 is 17.4. The van der Waals surface area contributed by atoms with Crippen LogP contribution in [0.5, 0.6) is 17.2 Å². The van der Waals surface area contributed by atoms with Gasteiger partial charge in [0.1, 0.15) is 23.3 Å². The second kappa shape index (κ2) is 13.4. The Morgan fingerprint density at radius 2 is 1.45 bits per heavy atom. The smallest absolute Gasteiger partial charge is 0.253 e. The number of rotatable bonds is 11. The molecule has 0 radical (unpaired) electrons. The normalized spacial score (nSPS) is 11.3. The lowest BCUT2D eigenvalue weighted by atomic mass is 10.1. The van der Waals surface area contributed by atoms with Gasteiger partial charge in [-0.25, -0.2) is 0 Å². The Morgan fingerprint density at radius 3 is 2.13 bits per heavy atom. The van der Waals surface area contributed by atoms with Crippen molar-refractivity contribution in [3.8, 4) is 17.2 Å². The average molecular weight is 575 g/mol. The molecule has 7 nitrogen and oxygen atoms in total. The van der Waals surface area contributed by atoms with Gasteiger partial charge in [0, 0.05) is 10.2 Å². The molecule has 0 aliphatic heterocycles. The van der Waals surface area contributed by atoms with Crippen molar-refractivity contribution in [3.05, 3.63) is 119 Å². The van der Waals surface area contributed by atoms with E-state index in [0.717, 1.165) is 5.56 Å². The second-order valence-corrected chi connectivity index (χ2v) is 9.16. The van der Waals surface area contributed by atoms with Gasteiger partial charge in [-0.1, -0.05) is 48.5 Å². The van der Waals surface area contributed by atoms with Crippen molar-refractivity contribution in [3.63, 3.8) is 0 Å². The Morgan fingerprint density at radius 1 is 0.816 bits per heavy atom. The van der Waals surface area contributed by atoms with Crippen molar-refractivity contribution in [2.75, 3.05) is 19.0 Å². The minimum absolute atomic E-state index is 0.0245. The van der Waals surface area contributed by atoms with E-state index in [1.165, 1.54) is 7.11 Å². The molecule has 194 valence electrons. The maximum Gasteiger partial charge on any atom is 0.253 e. The number of hydrogen-bond donors (Lipinski definition) is 2. The molecular weight excluding hydrogens is 548 g/mol. The van der Waals surface area contributed by atoms with Crippen LogP contribution in [0.2, 0.25) is 0 Å². The molecule has 0 spiro atoms. The number of nitrogens with one attached hydrogen (secondary N) is 2. The molecule has 38 heavy (non-hydrogen) atoms. The molecule has 4 rings (SSSR count). The van der Waals surface area contributed by atoms with E-state index in [9.17, 15) is 9.59 Å². The quantitative estimate of drug-likeness (QED) is 0.222. The molecule has 0 saturated heterocycles. The summed E-state index contributed by atoms with van der Waals surface area (Å²) in [5.41, 5.74) is 1.86. The fourth-order valence-corrected chi connectivity index (χ4v) is 3.98. The number of amides is 2. The zero-order valence-electron chi connectivity index (χ0n) is 20.7. The van der Waals surface area contributed by atoms with Crippen LogP contribution in [0.1, 0.15) is 15.9 Å². The van der Waals surface area contributed by atoms with Crippen molar-refractivity contribution in [2.45, 2.75) is 12.6 Å².